The maximum Gasteiger partial charge on any atom is 0.296 e. The molecule has 0 saturated carbocycles. The third-order valence-corrected chi connectivity index (χ3v) is 6.25. The first kappa shape index (κ1) is 19.3. The van der Waals surface area contributed by atoms with E-state index in [-0.39, 0.29) is 11.3 Å². The zero-order valence-corrected chi connectivity index (χ0v) is 17.8. The van der Waals surface area contributed by atoms with Gasteiger partial charge >= 0.3 is 0 Å². The summed E-state index contributed by atoms with van der Waals surface area (Å²) in [7, 11) is 0. The van der Waals surface area contributed by atoms with Gasteiger partial charge in [0.1, 0.15) is 17.6 Å². The number of aryl methyl sites for hydroxylation is 3. The largest absolute Gasteiger partial charge is 0.503 e. The van der Waals surface area contributed by atoms with Crippen LogP contribution in [0.15, 0.2) is 62.8 Å². The predicted molar refractivity (Wildman–Crippen MR) is 115 cm³/mol. The monoisotopic (exact) mass is 434 g/mol. The fourth-order valence-corrected chi connectivity index (χ4v) is 5.07. The first-order chi connectivity index (χ1) is 14.8. The average molecular weight is 434 g/mol. The minimum atomic E-state index is -0.958. The van der Waals surface area contributed by atoms with E-state index in [2.05, 4.69) is 4.98 Å². The van der Waals surface area contributed by atoms with Crippen molar-refractivity contribution in [3.8, 4) is 0 Å². The van der Waals surface area contributed by atoms with Gasteiger partial charge in [-0.2, -0.15) is 0 Å². The van der Waals surface area contributed by atoms with Gasteiger partial charge in [0.25, 0.3) is 5.91 Å². The molecule has 1 atom stereocenters. The smallest absolute Gasteiger partial charge is 0.296 e. The number of aliphatic hydroxyl groups excluding tert-OH is 1. The van der Waals surface area contributed by atoms with E-state index in [0.717, 1.165) is 21.3 Å². The van der Waals surface area contributed by atoms with Crippen molar-refractivity contribution in [2.45, 2.75) is 26.8 Å². The molecule has 1 aliphatic heterocycles. The van der Waals surface area contributed by atoms with Crippen LogP contribution in [0.1, 0.15) is 39.2 Å². The zero-order valence-electron chi connectivity index (χ0n) is 17.0. The highest BCUT2D eigenvalue weighted by atomic mass is 32.1. The van der Waals surface area contributed by atoms with Gasteiger partial charge in [0.2, 0.25) is 5.78 Å². The standard InChI is InChI=1S/C23H18N2O5S/c1-11-9-12(2)18-16(10-11)31-23(24-18)25-19(14-7-6-13(3)30-14)17(21(27)22(25)28)20(26)15-5-4-8-29-15/h4-10,19,27H,1-3H3. The third-order valence-electron chi connectivity index (χ3n) is 5.25. The lowest BCUT2D eigenvalue weighted by Crippen LogP contribution is -2.30. The first-order valence-electron chi connectivity index (χ1n) is 9.64. The van der Waals surface area contributed by atoms with Crippen molar-refractivity contribution in [3.63, 3.8) is 0 Å². The Balaban J connectivity index is 1.69. The minimum absolute atomic E-state index is 0.0280. The number of carbonyl (C=O) groups is 2. The van der Waals surface area contributed by atoms with Gasteiger partial charge in [-0.3, -0.25) is 14.5 Å². The molecule has 7 nitrogen and oxygen atoms in total. The molecule has 1 unspecified atom stereocenters. The Bertz CT molecular complexity index is 1380. The lowest BCUT2D eigenvalue weighted by Gasteiger charge is -2.22. The zero-order chi connectivity index (χ0) is 21.9. The van der Waals surface area contributed by atoms with Gasteiger partial charge in [0, 0.05) is 0 Å². The summed E-state index contributed by atoms with van der Waals surface area (Å²) in [6, 6.07) is 9.56. The number of hydrogen-bond acceptors (Lipinski definition) is 7. The third kappa shape index (κ3) is 2.98. The Morgan fingerprint density at radius 3 is 2.68 bits per heavy atom. The summed E-state index contributed by atoms with van der Waals surface area (Å²) in [6.45, 7) is 5.72. The normalized spacial score (nSPS) is 16.7. The van der Waals surface area contributed by atoms with Crippen LogP contribution in [0.4, 0.5) is 5.13 Å². The molecule has 1 aromatic carbocycles. The van der Waals surface area contributed by atoms with Gasteiger partial charge in [0.15, 0.2) is 16.7 Å². The van der Waals surface area contributed by atoms with Crippen LogP contribution in [0.3, 0.4) is 0 Å². The molecular weight excluding hydrogens is 416 g/mol. The van der Waals surface area contributed by atoms with Crippen LogP contribution in [0.5, 0.6) is 0 Å². The number of hydrogen-bond donors (Lipinski definition) is 1. The van der Waals surface area contributed by atoms with Gasteiger partial charge in [-0.15, -0.1) is 0 Å². The Morgan fingerprint density at radius 1 is 1.19 bits per heavy atom. The second-order valence-corrected chi connectivity index (χ2v) is 8.53. The summed E-state index contributed by atoms with van der Waals surface area (Å²) in [5.74, 6) is -0.910. The Morgan fingerprint density at radius 2 is 2.00 bits per heavy atom. The number of nitrogens with zero attached hydrogens (tertiary/aromatic N) is 2. The van der Waals surface area contributed by atoms with Crippen LogP contribution in [-0.2, 0) is 4.79 Å². The highest BCUT2D eigenvalue weighted by Gasteiger charge is 2.48. The van der Waals surface area contributed by atoms with Crippen LogP contribution in [0.2, 0.25) is 0 Å². The molecular formula is C23H18N2O5S. The number of ketones is 1. The Kier molecular flexibility index (Phi) is 4.33. The van der Waals surface area contributed by atoms with Crippen LogP contribution >= 0.6 is 11.3 Å². The summed E-state index contributed by atoms with van der Waals surface area (Å²) in [5.41, 5.74) is 2.75. The van der Waals surface area contributed by atoms with Crippen LogP contribution in [-0.4, -0.2) is 21.8 Å². The number of Topliss-reactive ketones (excluding diaryl/α,β-unsaturated/α-hetero) is 1. The molecule has 4 heterocycles. The summed E-state index contributed by atoms with van der Waals surface area (Å²) in [5, 5.41) is 11.1. The molecule has 156 valence electrons. The van der Waals surface area contributed by atoms with Crippen molar-refractivity contribution < 1.29 is 23.5 Å². The van der Waals surface area contributed by atoms with E-state index < -0.39 is 23.5 Å². The molecule has 0 saturated heterocycles. The maximum atomic E-state index is 13.2. The summed E-state index contributed by atoms with van der Waals surface area (Å²) < 4.78 is 11.9. The number of anilines is 1. The van der Waals surface area contributed by atoms with E-state index in [1.165, 1.54) is 28.6 Å². The SMILES string of the molecule is Cc1cc(C)c2nc(N3C(=O)C(O)=C(C(=O)c4ccco4)C3c3ccc(C)o3)sc2c1. The number of furan rings is 2. The maximum absolute atomic E-state index is 13.2. The molecule has 8 heteroatoms. The van der Waals surface area contributed by atoms with Gasteiger partial charge < -0.3 is 13.9 Å². The van der Waals surface area contributed by atoms with Gasteiger partial charge in [-0.25, -0.2) is 4.98 Å². The number of rotatable bonds is 4. The van der Waals surface area contributed by atoms with Crippen molar-refractivity contribution in [2.24, 2.45) is 0 Å². The van der Waals surface area contributed by atoms with Gasteiger partial charge in [0.05, 0.1) is 22.1 Å². The van der Waals surface area contributed by atoms with E-state index in [0.29, 0.717) is 16.7 Å². The Hall–Kier alpha value is -3.65. The highest BCUT2D eigenvalue weighted by Crippen LogP contribution is 2.45. The molecule has 3 aromatic heterocycles. The van der Waals surface area contributed by atoms with Gasteiger partial charge in [-0.1, -0.05) is 17.4 Å². The second kappa shape index (κ2) is 6.95. The van der Waals surface area contributed by atoms with E-state index in [9.17, 15) is 14.7 Å². The predicted octanol–water partition coefficient (Wildman–Crippen LogP) is 5.19. The Labute approximate surface area is 181 Å². The van der Waals surface area contributed by atoms with Crippen molar-refractivity contribution >= 4 is 38.4 Å². The molecule has 4 aromatic rings. The fourth-order valence-electron chi connectivity index (χ4n) is 3.91. The van der Waals surface area contributed by atoms with Crippen LogP contribution in [0.25, 0.3) is 10.2 Å². The summed E-state index contributed by atoms with van der Waals surface area (Å²) in [4.78, 5) is 32.3. The lowest BCUT2D eigenvalue weighted by molar-refractivity contribution is -0.117. The number of amides is 1. The average Bonchev–Trinajstić information content (AvgIpc) is 3.49. The topological polar surface area (TPSA) is 96.8 Å². The molecule has 1 N–H and O–H groups in total. The number of fused-ring (bicyclic) bond motifs is 1. The number of aromatic nitrogens is 1. The molecule has 0 aliphatic carbocycles. The minimum Gasteiger partial charge on any atom is -0.503 e. The molecule has 31 heavy (non-hydrogen) atoms. The van der Waals surface area contributed by atoms with Crippen molar-refractivity contribution in [2.75, 3.05) is 4.90 Å². The molecule has 0 radical (unpaired) electrons. The van der Waals surface area contributed by atoms with E-state index in [4.69, 9.17) is 8.83 Å². The van der Waals surface area contributed by atoms with Crippen molar-refractivity contribution in [1.29, 1.82) is 0 Å². The van der Waals surface area contributed by atoms with E-state index in [1.54, 1.807) is 25.1 Å². The second-order valence-electron chi connectivity index (χ2n) is 7.52. The van der Waals surface area contributed by atoms with Crippen LogP contribution in [0, 0.1) is 20.8 Å². The number of benzene rings is 1. The lowest BCUT2D eigenvalue weighted by atomic mass is 10.00. The molecule has 0 bridgehead atoms. The van der Waals surface area contributed by atoms with E-state index >= 15 is 0 Å². The van der Waals surface area contributed by atoms with Crippen molar-refractivity contribution in [3.05, 3.63) is 82.4 Å². The highest BCUT2D eigenvalue weighted by molar-refractivity contribution is 7.22. The quantitative estimate of drug-likeness (QED) is 0.444. The molecule has 5 rings (SSSR count). The molecule has 1 amide bonds. The number of aliphatic hydroxyl groups is 1. The number of carbonyl (C=O) groups excluding carboxylic acids is 2. The van der Waals surface area contributed by atoms with Crippen molar-refractivity contribution in [1.82, 2.24) is 4.98 Å². The van der Waals surface area contributed by atoms with Crippen LogP contribution < -0.4 is 4.90 Å². The summed E-state index contributed by atoms with van der Waals surface area (Å²) >= 11 is 1.32. The van der Waals surface area contributed by atoms with E-state index in [1.807, 2.05) is 26.0 Å². The molecule has 1 aliphatic rings. The van der Waals surface area contributed by atoms with Gasteiger partial charge in [-0.05, 0) is 62.2 Å². The summed E-state index contributed by atoms with van der Waals surface area (Å²) in [6.07, 6.45) is 1.37. The first-order valence-corrected chi connectivity index (χ1v) is 10.5. The molecule has 0 spiro atoms. The fraction of sp³-hybridized carbons (Fsp3) is 0.174. The number of thiazole rings is 1. The molecule has 0 fully saturated rings.